The van der Waals surface area contributed by atoms with Crippen LogP contribution in [0.25, 0.3) is 16.7 Å². The second-order valence-corrected chi connectivity index (χ2v) is 5.87. The van der Waals surface area contributed by atoms with E-state index in [0.29, 0.717) is 0 Å². The first-order chi connectivity index (χ1) is 12.1. The van der Waals surface area contributed by atoms with Crippen LogP contribution in [0, 0.1) is 0 Å². The van der Waals surface area contributed by atoms with Crippen molar-refractivity contribution in [2.45, 2.75) is 13.8 Å². The van der Waals surface area contributed by atoms with Gasteiger partial charge in [0.1, 0.15) is 0 Å². The number of aryl methyl sites for hydroxylation is 1. The summed E-state index contributed by atoms with van der Waals surface area (Å²) < 4.78 is 1.80. The molecule has 0 radical (unpaired) electrons. The molecule has 5 nitrogen and oxygen atoms in total. The van der Waals surface area contributed by atoms with Crippen LogP contribution in [-0.2, 0) is 7.05 Å². The number of hydrogen-bond donors (Lipinski definition) is 1. The molecule has 0 fully saturated rings. The number of rotatable bonds is 5. The number of H-pyrrole nitrogens is 1. The summed E-state index contributed by atoms with van der Waals surface area (Å²) in [6.45, 7) is 7.90. The van der Waals surface area contributed by atoms with E-state index in [0.717, 1.165) is 39.2 Å². The van der Waals surface area contributed by atoms with Crippen LogP contribution in [0.5, 0.6) is 0 Å². The van der Waals surface area contributed by atoms with Crippen LogP contribution in [0.4, 0.5) is 0 Å². The van der Waals surface area contributed by atoms with Gasteiger partial charge in [0.25, 0.3) is 0 Å². The summed E-state index contributed by atoms with van der Waals surface area (Å²) >= 11 is 0. The lowest BCUT2D eigenvalue weighted by Crippen LogP contribution is -1.96. The van der Waals surface area contributed by atoms with E-state index in [-0.39, 0.29) is 0 Å². The first-order valence-corrected chi connectivity index (χ1v) is 8.05. The topological polar surface area (TPSA) is 58.9 Å². The van der Waals surface area contributed by atoms with E-state index in [2.05, 4.69) is 40.1 Å². The van der Waals surface area contributed by atoms with Gasteiger partial charge in [-0.3, -0.25) is 14.8 Å². The molecule has 25 heavy (non-hydrogen) atoms. The van der Waals surface area contributed by atoms with Gasteiger partial charge in [0.05, 0.1) is 12.4 Å². The fourth-order valence-corrected chi connectivity index (χ4v) is 2.74. The summed E-state index contributed by atoms with van der Waals surface area (Å²) in [7, 11) is 1.92. The van der Waals surface area contributed by atoms with Crippen molar-refractivity contribution >= 4 is 11.3 Å². The fraction of sp³-hybridized carbons (Fsp3) is 0.150. The molecule has 2 aromatic heterocycles. The van der Waals surface area contributed by atoms with Gasteiger partial charge in [-0.05, 0) is 31.0 Å². The molecule has 0 aliphatic carbocycles. The van der Waals surface area contributed by atoms with E-state index < -0.39 is 0 Å². The summed E-state index contributed by atoms with van der Waals surface area (Å²) in [4.78, 5) is 4.78. The van der Waals surface area contributed by atoms with Gasteiger partial charge in [-0.15, -0.1) is 0 Å². The lowest BCUT2D eigenvalue weighted by molar-refractivity contribution is 0.768. The van der Waals surface area contributed by atoms with Gasteiger partial charge in [-0.1, -0.05) is 30.9 Å². The maximum atomic E-state index is 4.78. The van der Waals surface area contributed by atoms with Gasteiger partial charge in [0.2, 0.25) is 0 Å². The standard InChI is InChI=1S/C20H21N5/c1-5-20(18-10-21-22-11-18)15(3)24-14(2)16-7-6-8-17(9-16)19-12-23-25(4)13-19/h5-13H,1H2,2-4H3,(H,21,22)/b20-15+,24-14?. The van der Waals surface area contributed by atoms with E-state index in [1.54, 1.807) is 10.9 Å². The largest absolute Gasteiger partial charge is 0.285 e. The zero-order valence-corrected chi connectivity index (χ0v) is 14.7. The number of aromatic amines is 1. The quantitative estimate of drug-likeness (QED) is 0.561. The van der Waals surface area contributed by atoms with Gasteiger partial charge in [0, 0.05) is 47.6 Å². The Morgan fingerprint density at radius 3 is 2.68 bits per heavy atom. The highest BCUT2D eigenvalue weighted by Gasteiger charge is 2.06. The average molecular weight is 331 g/mol. The SMILES string of the molecule is C=C/C(=C(/C)N=C(C)c1cccc(-c2cnn(C)c2)c1)c1cn[nH]c1. The zero-order valence-electron chi connectivity index (χ0n) is 14.7. The summed E-state index contributed by atoms with van der Waals surface area (Å²) in [6.07, 6.45) is 9.29. The Morgan fingerprint density at radius 1 is 1.20 bits per heavy atom. The molecule has 2 heterocycles. The number of benzene rings is 1. The maximum Gasteiger partial charge on any atom is 0.0568 e. The molecule has 0 aliphatic rings. The molecule has 1 aromatic carbocycles. The molecule has 0 saturated heterocycles. The van der Waals surface area contributed by atoms with Crippen LogP contribution in [0.3, 0.4) is 0 Å². The van der Waals surface area contributed by atoms with Crippen molar-refractivity contribution in [3.63, 3.8) is 0 Å². The molecular weight excluding hydrogens is 310 g/mol. The second kappa shape index (κ2) is 7.13. The summed E-state index contributed by atoms with van der Waals surface area (Å²) in [5, 5.41) is 11.1. The predicted molar refractivity (Wildman–Crippen MR) is 102 cm³/mol. The van der Waals surface area contributed by atoms with Crippen molar-refractivity contribution in [2.24, 2.45) is 12.0 Å². The smallest absolute Gasteiger partial charge is 0.0568 e. The van der Waals surface area contributed by atoms with Crippen LogP contribution in [-0.4, -0.2) is 25.7 Å². The van der Waals surface area contributed by atoms with E-state index >= 15 is 0 Å². The van der Waals surface area contributed by atoms with Crippen LogP contribution in [0.1, 0.15) is 25.0 Å². The Balaban J connectivity index is 1.96. The van der Waals surface area contributed by atoms with Crippen molar-refractivity contribution < 1.29 is 0 Å². The molecule has 3 rings (SSSR count). The van der Waals surface area contributed by atoms with Crippen LogP contribution < -0.4 is 0 Å². The van der Waals surface area contributed by atoms with Gasteiger partial charge < -0.3 is 0 Å². The lowest BCUT2D eigenvalue weighted by Gasteiger charge is -2.06. The molecule has 0 spiro atoms. The Kier molecular flexibility index (Phi) is 4.75. The number of allylic oxidation sites excluding steroid dienone is 3. The van der Waals surface area contributed by atoms with Gasteiger partial charge >= 0.3 is 0 Å². The molecule has 5 heteroatoms. The first kappa shape index (κ1) is 16.6. The zero-order chi connectivity index (χ0) is 17.8. The number of hydrogen-bond acceptors (Lipinski definition) is 3. The predicted octanol–water partition coefficient (Wildman–Crippen LogP) is 4.24. The Hall–Kier alpha value is -3.21. The van der Waals surface area contributed by atoms with E-state index in [1.165, 1.54) is 0 Å². The summed E-state index contributed by atoms with van der Waals surface area (Å²) in [5.41, 5.74) is 7.10. The normalized spacial score (nSPS) is 12.8. The highest BCUT2D eigenvalue weighted by atomic mass is 15.2. The molecule has 0 bridgehead atoms. The Morgan fingerprint density at radius 2 is 2.04 bits per heavy atom. The first-order valence-electron chi connectivity index (χ1n) is 8.05. The van der Waals surface area contributed by atoms with Crippen molar-refractivity contribution in [1.82, 2.24) is 20.0 Å². The number of aliphatic imine (C=N–C) groups is 1. The molecule has 126 valence electrons. The summed E-state index contributed by atoms with van der Waals surface area (Å²) in [6, 6.07) is 8.32. The fourth-order valence-electron chi connectivity index (χ4n) is 2.74. The van der Waals surface area contributed by atoms with Crippen LogP contribution in [0.15, 0.2) is 72.4 Å². The molecule has 0 amide bonds. The third-order valence-corrected chi connectivity index (χ3v) is 4.06. The van der Waals surface area contributed by atoms with Crippen molar-refractivity contribution in [1.29, 1.82) is 0 Å². The minimum atomic E-state index is 0.903. The van der Waals surface area contributed by atoms with Crippen molar-refractivity contribution in [2.75, 3.05) is 0 Å². The summed E-state index contributed by atoms with van der Waals surface area (Å²) in [5.74, 6) is 0. The number of nitrogens with one attached hydrogen (secondary N) is 1. The lowest BCUT2D eigenvalue weighted by atomic mass is 10.0. The van der Waals surface area contributed by atoms with Gasteiger partial charge in [-0.25, -0.2) is 0 Å². The minimum Gasteiger partial charge on any atom is -0.285 e. The molecule has 0 unspecified atom stereocenters. The molecule has 3 aromatic rings. The average Bonchev–Trinajstić information content (AvgIpc) is 3.27. The van der Waals surface area contributed by atoms with Crippen molar-refractivity contribution in [3.8, 4) is 11.1 Å². The molecule has 0 aliphatic heterocycles. The monoisotopic (exact) mass is 331 g/mol. The highest BCUT2D eigenvalue weighted by molar-refractivity contribution is 6.00. The maximum absolute atomic E-state index is 4.78. The number of nitrogens with zero attached hydrogens (tertiary/aromatic N) is 4. The van der Waals surface area contributed by atoms with E-state index in [9.17, 15) is 0 Å². The minimum absolute atomic E-state index is 0.903. The van der Waals surface area contributed by atoms with E-state index in [1.807, 2.05) is 51.6 Å². The Bertz CT molecular complexity index is 942. The second-order valence-electron chi connectivity index (χ2n) is 5.87. The highest BCUT2D eigenvalue weighted by Crippen LogP contribution is 2.22. The molecular formula is C20H21N5. The van der Waals surface area contributed by atoms with Crippen molar-refractivity contribution in [3.05, 3.63) is 78.5 Å². The van der Waals surface area contributed by atoms with Gasteiger partial charge in [0.15, 0.2) is 0 Å². The molecule has 0 atom stereocenters. The molecule has 0 saturated carbocycles. The van der Waals surface area contributed by atoms with Gasteiger partial charge in [-0.2, -0.15) is 10.2 Å². The Labute approximate surface area is 147 Å². The van der Waals surface area contributed by atoms with Crippen LogP contribution in [0.2, 0.25) is 0 Å². The third-order valence-electron chi connectivity index (χ3n) is 4.06. The molecule has 1 N–H and O–H groups in total. The van der Waals surface area contributed by atoms with Crippen LogP contribution >= 0.6 is 0 Å². The number of aromatic nitrogens is 4. The van der Waals surface area contributed by atoms with E-state index in [4.69, 9.17) is 4.99 Å². The third kappa shape index (κ3) is 3.66.